The van der Waals surface area contributed by atoms with Crippen molar-refractivity contribution >= 4 is 46.4 Å². The minimum atomic E-state index is 0.152. The minimum Gasteiger partial charge on any atom is -0.457 e. The van der Waals surface area contributed by atoms with Gasteiger partial charge in [0, 0.05) is 55.2 Å². The lowest BCUT2D eigenvalue weighted by molar-refractivity contribution is -0.136. The molecule has 2 aromatic heterocycles. The van der Waals surface area contributed by atoms with Crippen molar-refractivity contribution in [3.05, 3.63) is 77.2 Å². The highest BCUT2D eigenvalue weighted by Crippen LogP contribution is 2.29. The second-order valence-electron chi connectivity index (χ2n) is 10.5. The average Bonchev–Trinajstić information content (AvgIpc) is 3.45. The molecule has 10 heteroatoms. The largest absolute Gasteiger partial charge is 0.457 e. The number of nitrogens with zero attached hydrogens (tertiary/aromatic N) is 3. The molecular weight excluding hydrogens is 566 g/mol. The molecule has 43 heavy (non-hydrogen) atoms. The van der Waals surface area contributed by atoms with E-state index in [2.05, 4.69) is 20.3 Å². The molecule has 0 bridgehead atoms. The maximum atomic E-state index is 12.3. The zero-order valence-corrected chi connectivity index (χ0v) is 25.6. The molecule has 3 heterocycles. The smallest absolute Gasteiger partial charge is 0.222 e. The Labute approximate surface area is 257 Å². The lowest BCUT2D eigenvalue weighted by Crippen LogP contribution is -2.43. The molecule has 4 aromatic rings. The number of ketones is 1. The first kappa shape index (κ1) is 31.7. The standard InChI is InChI=1S/C18H21N5O3.C13H11ClO.C2H6/c24-9-12-8-19-17-16(12)18(21-10-20-17)22-13-1-3-23(4-2-13)15(26)7-11-5-14(25)6-11;1-10-7-8-12(9-13(10)14)15-11-5-3-2-4-6-11;1-2/h8-11,13H,1-7H2,(H2,19,20,21,22);2-9H,1H3;1-2H3. The number of amides is 1. The number of hydrogen-bond acceptors (Lipinski definition) is 7. The fourth-order valence-electron chi connectivity index (χ4n) is 5.02. The molecule has 0 unspecified atom stereocenters. The summed E-state index contributed by atoms with van der Waals surface area (Å²) in [6.45, 7) is 7.35. The van der Waals surface area contributed by atoms with E-state index in [1.165, 1.54) is 6.33 Å². The van der Waals surface area contributed by atoms with Gasteiger partial charge in [-0.15, -0.1) is 0 Å². The number of ether oxygens (including phenoxy) is 1. The number of piperidine rings is 1. The third-order valence-electron chi connectivity index (χ3n) is 7.43. The number of H-pyrrole nitrogens is 1. The highest BCUT2D eigenvalue weighted by Gasteiger charge is 2.31. The SMILES string of the molecule is CC.Cc1ccc(Oc2ccccc2)cc1Cl.O=Cc1c[nH]c2ncnc(NC3CCN(C(=O)CC4CC(=O)C4)CC3)c12. The van der Waals surface area contributed by atoms with Crippen molar-refractivity contribution in [1.29, 1.82) is 0 Å². The van der Waals surface area contributed by atoms with Gasteiger partial charge in [-0.1, -0.05) is 49.7 Å². The lowest BCUT2D eigenvalue weighted by Gasteiger charge is -2.34. The zero-order valence-electron chi connectivity index (χ0n) is 24.8. The fourth-order valence-corrected chi connectivity index (χ4v) is 5.19. The highest BCUT2D eigenvalue weighted by atomic mass is 35.5. The summed E-state index contributed by atoms with van der Waals surface area (Å²) in [4.78, 5) is 47.9. The number of carbonyl (C=O) groups excluding carboxylic acids is 3. The number of fused-ring (bicyclic) bond motifs is 1. The molecule has 1 aliphatic carbocycles. The van der Waals surface area contributed by atoms with Crippen LogP contribution in [0.3, 0.4) is 0 Å². The third kappa shape index (κ3) is 8.41. The number of para-hydroxylation sites is 1. The maximum Gasteiger partial charge on any atom is 0.222 e. The number of aromatic amines is 1. The summed E-state index contributed by atoms with van der Waals surface area (Å²) < 4.78 is 5.63. The molecule has 0 atom stereocenters. The minimum absolute atomic E-state index is 0.152. The van der Waals surface area contributed by atoms with Crippen molar-refractivity contribution in [2.45, 2.75) is 58.9 Å². The Hall–Kier alpha value is -4.24. The summed E-state index contributed by atoms with van der Waals surface area (Å²) in [5.74, 6) is 2.89. The molecule has 1 saturated carbocycles. The van der Waals surface area contributed by atoms with E-state index in [0.717, 1.165) is 41.2 Å². The van der Waals surface area contributed by atoms with Gasteiger partial charge in [-0.3, -0.25) is 14.4 Å². The van der Waals surface area contributed by atoms with Crippen LogP contribution in [0, 0.1) is 12.8 Å². The van der Waals surface area contributed by atoms with E-state index in [4.69, 9.17) is 16.3 Å². The Balaban J connectivity index is 0.000000212. The predicted molar refractivity (Wildman–Crippen MR) is 169 cm³/mol. The van der Waals surface area contributed by atoms with Crippen molar-refractivity contribution in [3.8, 4) is 11.5 Å². The number of carbonyl (C=O) groups is 3. The van der Waals surface area contributed by atoms with Crippen molar-refractivity contribution < 1.29 is 19.1 Å². The molecule has 9 nitrogen and oxygen atoms in total. The van der Waals surface area contributed by atoms with Gasteiger partial charge in [-0.25, -0.2) is 9.97 Å². The van der Waals surface area contributed by atoms with Crippen molar-refractivity contribution in [2.75, 3.05) is 18.4 Å². The fraction of sp³-hybridized carbons (Fsp3) is 0.364. The number of aldehydes is 1. The Morgan fingerprint density at radius 2 is 1.81 bits per heavy atom. The molecule has 2 N–H and O–H groups in total. The number of rotatable bonds is 7. The van der Waals surface area contributed by atoms with Gasteiger partial charge in [0.25, 0.3) is 0 Å². The van der Waals surface area contributed by atoms with E-state index in [0.29, 0.717) is 54.8 Å². The van der Waals surface area contributed by atoms with E-state index in [1.807, 2.05) is 74.2 Å². The van der Waals surface area contributed by atoms with Gasteiger partial charge in [-0.05, 0) is 55.5 Å². The Morgan fingerprint density at radius 1 is 1.09 bits per heavy atom. The summed E-state index contributed by atoms with van der Waals surface area (Å²) in [6.07, 6.45) is 7.14. The van der Waals surface area contributed by atoms with Crippen LogP contribution in [0.25, 0.3) is 11.0 Å². The first-order chi connectivity index (χ1) is 20.9. The molecule has 6 rings (SSSR count). The second-order valence-corrected chi connectivity index (χ2v) is 10.9. The van der Waals surface area contributed by atoms with E-state index in [9.17, 15) is 14.4 Å². The number of likely N-dealkylation sites (tertiary alicyclic amines) is 1. The number of aryl methyl sites for hydroxylation is 1. The number of nitrogens with one attached hydrogen (secondary N) is 2. The zero-order chi connectivity index (χ0) is 30.8. The second kappa shape index (κ2) is 15.3. The lowest BCUT2D eigenvalue weighted by atomic mass is 9.81. The van der Waals surface area contributed by atoms with Crippen LogP contribution in [-0.2, 0) is 9.59 Å². The number of hydrogen-bond donors (Lipinski definition) is 2. The van der Waals surface area contributed by atoms with Crippen LogP contribution < -0.4 is 10.1 Å². The summed E-state index contributed by atoms with van der Waals surface area (Å²) in [5, 5.41) is 4.83. The van der Waals surface area contributed by atoms with E-state index in [-0.39, 0.29) is 23.7 Å². The van der Waals surface area contributed by atoms with E-state index in [1.54, 1.807) is 6.20 Å². The predicted octanol–water partition coefficient (Wildman–Crippen LogP) is 7.01. The molecule has 0 radical (unpaired) electrons. The average molecular weight is 604 g/mol. The molecule has 1 amide bonds. The molecule has 0 spiro atoms. The summed E-state index contributed by atoms with van der Waals surface area (Å²) >= 11 is 6.00. The number of Topliss-reactive ketones (excluding diaryl/α,β-unsaturated/α-hetero) is 1. The number of aromatic nitrogens is 3. The van der Waals surface area contributed by atoms with Crippen molar-refractivity contribution in [3.63, 3.8) is 0 Å². The normalized spacial score (nSPS) is 15.0. The molecule has 2 fully saturated rings. The van der Waals surface area contributed by atoms with Gasteiger partial charge < -0.3 is 19.9 Å². The quantitative estimate of drug-likeness (QED) is 0.218. The van der Waals surface area contributed by atoms with Crippen molar-refractivity contribution in [1.82, 2.24) is 19.9 Å². The van der Waals surface area contributed by atoms with Crippen LogP contribution in [0.15, 0.2) is 61.1 Å². The Morgan fingerprint density at radius 3 is 2.47 bits per heavy atom. The van der Waals surface area contributed by atoms with Crippen molar-refractivity contribution in [2.24, 2.45) is 5.92 Å². The van der Waals surface area contributed by atoms with Gasteiger partial charge >= 0.3 is 0 Å². The maximum absolute atomic E-state index is 12.3. The molecule has 226 valence electrons. The Kier molecular flexibility index (Phi) is 11.3. The van der Waals surface area contributed by atoms with Crippen LogP contribution >= 0.6 is 11.6 Å². The molecular formula is C33H38ClN5O4. The topological polar surface area (TPSA) is 117 Å². The van der Waals surface area contributed by atoms with E-state index >= 15 is 0 Å². The van der Waals surface area contributed by atoms with Crippen LogP contribution in [0.5, 0.6) is 11.5 Å². The monoisotopic (exact) mass is 603 g/mol. The number of halogens is 1. The number of benzene rings is 2. The van der Waals surface area contributed by atoms with Crippen LogP contribution in [0.1, 0.15) is 61.9 Å². The molecule has 2 aromatic carbocycles. The van der Waals surface area contributed by atoms with E-state index < -0.39 is 0 Å². The summed E-state index contributed by atoms with van der Waals surface area (Å²) in [7, 11) is 0. The van der Waals surface area contributed by atoms with Gasteiger partial charge in [0.05, 0.1) is 5.39 Å². The molecule has 2 aliphatic rings. The van der Waals surface area contributed by atoms with Gasteiger partial charge in [0.15, 0.2) is 6.29 Å². The first-order valence-corrected chi connectivity index (χ1v) is 15.1. The van der Waals surface area contributed by atoms with Gasteiger partial charge in [0.2, 0.25) is 5.91 Å². The van der Waals surface area contributed by atoms with Crippen LogP contribution in [-0.4, -0.2) is 57.0 Å². The van der Waals surface area contributed by atoms with Crippen LogP contribution in [0.2, 0.25) is 5.02 Å². The summed E-state index contributed by atoms with van der Waals surface area (Å²) in [6, 6.07) is 15.5. The highest BCUT2D eigenvalue weighted by molar-refractivity contribution is 6.31. The summed E-state index contributed by atoms with van der Waals surface area (Å²) in [5.41, 5.74) is 2.22. The molecule has 1 aliphatic heterocycles. The Bertz CT molecular complexity index is 1530. The van der Waals surface area contributed by atoms with Gasteiger partial charge in [-0.2, -0.15) is 0 Å². The van der Waals surface area contributed by atoms with Crippen LogP contribution in [0.4, 0.5) is 5.82 Å². The number of anilines is 1. The first-order valence-electron chi connectivity index (χ1n) is 14.7. The van der Waals surface area contributed by atoms with Gasteiger partial charge in [0.1, 0.15) is 35.1 Å². The third-order valence-corrected chi connectivity index (χ3v) is 7.84. The molecule has 1 saturated heterocycles.